The van der Waals surface area contributed by atoms with E-state index in [1.165, 1.54) is 17.7 Å². The maximum absolute atomic E-state index is 13.2. The van der Waals surface area contributed by atoms with Crippen molar-refractivity contribution in [1.82, 2.24) is 10.6 Å². The lowest BCUT2D eigenvalue weighted by Crippen LogP contribution is -2.32. The second-order valence-electron chi connectivity index (χ2n) is 4.31. The largest absolute Gasteiger partial charge is 0.481 e. The minimum atomic E-state index is -0.462. The molecule has 19 heavy (non-hydrogen) atoms. The highest BCUT2D eigenvalue weighted by Gasteiger charge is 2.08. The molecule has 0 saturated carbocycles. The van der Waals surface area contributed by atoms with Crippen molar-refractivity contribution in [2.75, 3.05) is 26.2 Å². The van der Waals surface area contributed by atoms with Gasteiger partial charge in [-0.15, -0.1) is 0 Å². The third kappa shape index (κ3) is 4.37. The number of carbonyl (C=O) groups is 1. The molecule has 1 aliphatic rings. The Morgan fingerprint density at radius 3 is 3.00 bits per heavy atom. The second kappa shape index (κ2) is 6.89. The van der Waals surface area contributed by atoms with Gasteiger partial charge in [-0.05, 0) is 25.1 Å². The van der Waals surface area contributed by atoms with Crippen LogP contribution in [-0.2, 0) is 4.79 Å². The van der Waals surface area contributed by atoms with Crippen molar-refractivity contribution in [3.05, 3.63) is 41.7 Å². The average molecular weight is 264 g/mol. The molecule has 2 N–H and O–H groups in total. The molecule has 102 valence electrons. The molecule has 1 aliphatic heterocycles. The number of hydrogen-bond acceptors (Lipinski definition) is 3. The zero-order valence-electron chi connectivity index (χ0n) is 10.6. The fourth-order valence-corrected chi connectivity index (χ4v) is 1.80. The molecule has 4 nitrogen and oxygen atoms in total. The summed E-state index contributed by atoms with van der Waals surface area (Å²) < 4.78 is 18.4. The lowest BCUT2D eigenvalue weighted by Gasteiger charge is -2.14. The van der Waals surface area contributed by atoms with Crippen LogP contribution < -0.4 is 15.4 Å². The van der Waals surface area contributed by atoms with E-state index in [1.54, 1.807) is 12.1 Å². The molecule has 0 aliphatic carbocycles. The fourth-order valence-electron chi connectivity index (χ4n) is 1.80. The molecular weight excluding hydrogens is 247 g/mol. The predicted octanol–water partition coefficient (Wildman–Crippen LogP) is 1.24. The van der Waals surface area contributed by atoms with Gasteiger partial charge in [0.05, 0.1) is 0 Å². The lowest BCUT2D eigenvalue weighted by molar-refractivity contribution is -0.122. The second-order valence-corrected chi connectivity index (χ2v) is 4.31. The maximum Gasteiger partial charge on any atom is 0.258 e. The van der Waals surface area contributed by atoms with Gasteiger partial charge in [0.25, 0.3) is 5.91 Å². The van der Waals surface area contributed by atoms with Crippen LogP contribution in [0, 0.1) is 5.82 Å². The van der Waals surface area contributed by atoms with Crippen LogP contribution >= 0.6 is 0 Å². The summed E-state index contributed by atoms with van der Waals surface area (Å²) in [4.78, 5) is 11.6. The summed E-state index contributed by atoms with van der Waals surface area (Å²) in [6.45, 7) is 2.14. The number of hydrogen-bond donors (Lipinski definition) is 2. The van der Waals surface area contributed by atoms with E-state index in [0.717, 1.165) is 19.5 Å². The van der Waals surface area contributed by atoms with Crippen LogP contribution in [-0.4, -0.2) is 32.1 Å². The Morgan fingerprint density at radius 2 is 2.26 bits per heavy atom. The number of amides is 1. The molecule has 1 aromatic carbocycles. The van der Waals surface area contributed by atoms with Gasteiger partial charge in [-0.3, -0.25) is 4.79 Å². The Hall–Kier alpha value is -1.88. The minimum Gasteiger partial charge on any atom is -0.481 e. The maximum atomic E-state index is 13.2. The number of nitrogens with one attached hydrogen (secondary N) is 2. The summed E-state index contributed by atoms with van der Waals surface area (Å²) in [5, 5.41) is 5.96. The predicted molar refractivity (Wildman–Crippen MR) is 70.5 cm³/mol. The Kier molecular flexibility index (Phi) is 4.92. The first kappa shape index (κ1) is 13.5. The normalized spacial score (nSPS) is 14.7. The Morgan fingerprint density at radius 1 is 1.42 bits per heavy atom. The van der Waals surface area contributed by atoms with E-state index in [1.807, 2.05) is 0 Å². The Labute approximate surface area is 111 Å². The average Bonchev–Trinajstić information content (AvgIpc) is 2.45. The molecular formula is C14H17FN2O2. The van der Waals surface area contributed by atoms with Crippen LogP contribution in [0.3, 0.4) is 0 Å². The Bertz CT molecular complexity index is 474. The third-order valence-corrected chi connectivity index (χ3v) is 2.87. The number of carbonyl (C=O) groups excluding carboxylic acids is 1. The van der Waals surface area contributed by atoms with Gasteiger partial charge in [0, 0.05) is 13.1 Å². The van der Waals surface area contributed by atoms with Crippen LogP contribution in [0.1, 0.15) is 6.42 Å². The number of rotatable bonds is 5. The third-order valence-electron chi connectivity index (χ3n) is 2.87. The van der Waals surface area contributed by atoms with E-state index < -0.39 is 5.82 Å². The molecule has 0 spiro atoms. The van der Waals surface area contributed by atoms with Crippen LogP contribution in [0.4, 0.5) is 4.39 Å². The smallest absolute Gasteiger partial charge is 0.258 e. The SMILES string of the molecule is O=C(COc1ccccc1F)NCC1=CCNCC1. The van der Waals surface area contributed by atoms with E-state index >= 15 is 0 Å². The summed E-state index contributed by atoms with van der Waals surface area (Å²) >= 11 is 0. The summed E-state index contributed by atoms with van der Waals surface area (Å²) in [5.74, 6) is -0.613. The summed E-state index contributed by atoms with van der Waals surface area (Å²) in [5.41, 5.74) is 1.21. The first-order valence-electron chi connectivity index (χ1n) is 6.28. The van der Waals surface area contributed by atoms with Crippen molar-refractivity contribution in [3.63, 3.8) is 0 Å². The van der Waals surface area contributed by atoms with Crippen molar-refractivity contribution in [2.45, 2.75) is 6.42 Å². The minimum absolute atomic E-state index is 0.0960. The zero-order chi connectivity index (χ0) is 13.5. The van der Waals surface area contributed by atoms with Crippen LogP contribution in [0.25, 0.3) is 0 Å². The highest BCUT2D eigenvalue weighted by atomic mass is 19.1. The molecule has 1 heterocycles. The number of para-hydroxylation sites is 1. The molecule has 0 atom stereocenters. The molecule has 0 bridgehead atoms. The topological polar surface area (TPSA) is 50.4 Å². The van der Waals surface area contributed by atoms with Gasteiger partial charge in [0.1, 0.15) is 0 Å². The molecule has 1 aromatic rings. The highest BCUT2D eigenvalue weighted by Crippen LogP contribution is 2.14. The van der Waals surface area contributed by atoms with Crippen molar-refractivity contribution in [3.8, 4) is 5.75 Å². The number of halogens is 1. The van der Waals surface area contributed by atoms with Gasteiger partial charge in [0.2, 0.25) is 0 Å². The van der Waals surface area contributed by atoms with Crippen molar-refractivity contribution < 1.29 is 13.9 Å². The molecule has 1 amide bonds. The molecule has 0 radical (unpaired) electrons. The first-order valence-corrected chi connectivity index (χ1v) is 6.28. The van der Waals surface area contributed by atoms with Gasteiger partial charge in [0.15, 0.2) is 18.2 Å². The molecule has 2 rings (SSSR count). The van der Waals surface area contributed by atoms with Gasteiger partial charge >= 0.3 is 0 Å². The standard InChI is InChI=1S/C14H17FN2O2/c15-12-3-1-2-4-13(12)19-10-14(18)17-9-11-5-7-16-8-6-11/h1-5,16H,6-10H2,(H,17,18). The number of ether oxygens (including phenoxy) is 1. The van der Waals surface area contributed by atoms with Crippen molar-refractivity contribution in [2.24, 2.45) is 0 Å². The quantitative estimate of drug-likeness (QED) is 0.787. The van der Waals surface area contributed by atoms with E-state index in [2.05, 4.69) is 16.7 Å². The van der Waals surface area contributed by atoms with Crippen LogP contribution in [0.5, 0.6) is 5.75 Å². The van der Waals surface area contributed by atoms with E-state index in [-0.39, 0.29) is 18.3 Å². The molecule has 0 aromatic heterocycles. The van der Waals surface area contributed by atoms with Crippen molar-refractivity contribution >= 4 is 5.91 Å². The first-order chi connectivity index (χ1) is 9.25. The summed E-state index contributed by atoms with van der Waals surface area (Å²) in [6.07, 6.45) is 3.01. The van der Waals surface area contributed by atoms with Gasteiger partial charge in [-0.2, -0.15) is 0 Å². The van der Waals surface area contributed by atoms with Crippen LogP contribution in [0.2, 0.25) is 0 Å². The van der Waals surface area contributed by atoms with E-state index in [9.17, 15) is 9.18 Å². The monoisotopic (exact) mass is 264 g/mol. The van der Waals surface area contributed by atoms with Crippen molar-refractivity contribution in [1.29, 1.82) is 0 Å². The summed E-state index contributed by atoms with van der Waals surface area (Å²) in [7, 11) is 0. The highest BCUT2D eigenvalue weighted by molar-refractivity contribution is 5.77. The molecule has 0 unspecified atom stereocenters. The van der Waals surface area contributed by atoms with E-state index in [0.29, 0.717) is 6.54 Å². The number of benzene rings is 1. The van der Waals surface area contributed by atoms with E-state index in [4.69, 9.17) is 4.74 Å². The van der Waals surface area contributed by atoms with Gasteiger partial charge in [-0.1, -0.05) is 23.8 Å². The molecule has 0 fully saturated rings. The molecule has 0 saturated heterocycles. The fraction of sp³-hybridized carbons (Fsp3) is 0.357. The summed E-state index contributed by atoms with van der Waals surface area (Å²) in [6, 6.07) is 6.03. The van der Waals surface area contributed by atoms with Crippen LogP contribution in [0.15, 0.2) is 35.9 Å². The lowest BCUT2D eigenvalue weighted by atomic mass is 10.1. The zero-order valence-corrected chi connectivity index (χ0v) is 10.6. The molecule has 5 heteroatoms. The Balaban J connectivity index is 1.73. The van der Waals surface area contributed by atoms with Gasteiger partial charge in [-0.25, -0.2) is 4.39 Å². The van der Waals surface area contributed by atoms with Gasteiger partial charge < -0.3 is 15.4 Å².